The second kappa shape index (κ2) is 8.27. The summed E-state index contributed by atoms with van der Waals surface area (Å²) in [6.45, 7) is 3.40. The first-order valence-electron chi connectivity index (χ1n) is 9.20. The second-order valence-corrected chi connectivity index (χ2v) is 8.54. The van der Waals surface area contributed by atoms with Gasteiger partial charge in [0.15, 0.2) is 5.16 Å². The SMILES string of the molecule is CCN(Cc1cccs1)C(=O)CSc1nnc(C2CC2)n1-c1ccccc1. The molecule has 2 heterocycles. The van der Waals surface area contributed by atoms with Gasteiger partial charge >= 0.3 is 0 Å². The summed E-state index contributed by atoms with van der Waals surface area (Å²) in [5.41, 5.74) is 1.06. The maximum atomic E-state index is 12.7. The fraction of sp³-hybridized carbons (Fsp3) is 0.350. The Morgan fingerprint density at radius 1 is 1.22 bits per heavy atom. The number of amides is 1. The molecule has 4 rings (SSSR count). The van der Waals surface area contributed by atoms with E-state index in [1.54, 1.807) is 11.3 Å². The van der Waals surface area contributed by atoms with Gasteiger partial charge in [0, 0.05) is 23.0 Å². The molecule has 0 radical (unpaired) electrons. The number of aromatic nitrogens is 3. The molecule has 0 spiro atoms. The Morgan fingerprint density at radius 2 is 2.04 bits per heavy atom. The Kier molecular flexibility index (Phi) is 5.59. The minimum absolute atomic E-state index is 0.131. The lowest BCUT2D eigenvalue weighted by Crippen LogP contribution is -2.31. The lowest BCUT2D eigenvalue weighted by Gasteiger charge is -2.20. The highest BCUT2D eigenvalue weighted by Crippen LogP contribution is 2.41. The molecule has 140 valence electrons. The van der Waals surface area contributed by atoms with E-state index in [1.807, 2.05) is 41.5 Å². The zero-order chi connectivity index (χ0) is 18.6. The van der Waals surface area contributed by atoms with Crippen molar-refractivity contribution in [3.63, 3.8) is 0 Å². The van der Waals surface area contributed by atoms with Crippen LogP contribution in [0.4, 0.5) is 0 Å². The van der Waals surface area contributed by atoms with Crippen molar-refractivity contribution in [3.05, 3.63) is 58.5 Å². The molecule has 0 unspecified atom stereocenters. The number of thiophene rings is 1. The van der Waals surface area contributed by atoms with E-state index >= 15 is 0 Å². The molecule has 2 aromatic heterocycles. The minimum atomic E-state index is 0.131. The van der Waals surface area contributed by atoms with Crippen molar-refractivity contribution in [3.8, 4) is 5.69 Å². The Hall–Kier alpha value is -2.12. The van der Waals surface area contributed by atoms with Crippen LogP contribution < -0.4 is 0 Å². The first-order valence-corrected chi connectivity index (χ1v) is 11.1. The van der Waals surface area contributed by atoms with Crippen molar-refractivity contribution in [2.24, 2.45) is 0 Å². The third-order valence-corrected chi connectivity index (χ3v) is 6.38. The lowest BCUT2D eigenvalue weighted by atomic mass is 10.3. The number of hydrogen-bond acceptors (Lipinski definition) is 5. The van der Waals surface area contributed by atoms with Gasteiger partial charge < -0.3 is 4.90 Å². The van der Waals surface area contributed by atoms with Crippen LogP contribution in [-0.4, -0.2) is 37.9 Å². The molecular formula is C20H22N4OS2. The predicted octanol–water partition coefficient (Wildman–Crippen LogP) is 4.35. The molecule has 1 amide bonds. The molecule has 1 saturated carbocycles. The van der Waals surface area contributed by atoms with Crippen molar-refractivity contribution in [1.82, 2.24) is 19.7 Å². The third-order valence-electron chi connectivity index (χ3n) is 4.60. The second-order valence-electron chi connectivity index (χ2n) is 6.56. The summed E-state index contributed by atoms with van der Waals surface area (Å²) in [5.74, 6) is 2.01. The number of hydrogen-bond donors (Lipinski definition) is 0. The van der Waals surface area contributed by atoms with Gasteiger partial charge in [0.05, 0.1) is 12.3 Å². The fourth-order valence-electron chi connectivity index (χ4n) is 2.98. The fourth-order valence-corrected chi connectivity index (χ4v) is 4.57. The summed E-state index contributed by atoms with van der Waals surface area (Å²) in [6, 6.07) is 14.3. The molecule has 0 bridgehead atoms. The first kappa shape index (κ1) is 18.3. The highest BCUT2D eigenvalue weighted by Gasteiger charge is 2.31. The summed E-state index contributed by atoms with van der Waals surface area (Å²) in [5, 5.41) is 11.7. The van der Waals surface area contributed by atoms with Gasteiger partial charge in [-0.2, -0.15) is 0 Å². The predicted molar refractivity (Wildman–Crippen MR) is 109 cm³/mol. The van der Waals surface area contributed by atoms with Gasteiger partial charge in [-0.05, 0) is 43.3 Å². The molecular weight excluding hydrogens is 376 g/mol. The molecule has 1 aromatic carbocycles. The topological polar surface area (TPSA) is 51.0 Å². The number of nitrogens with zero attached hydrogens (tertiary/aromatic N) is 4. The highest BCUT2D eigenvalue weighted by molar-refractivity contribution is 7.99. The van der Waals surface area contributed by atoms with Crippen molar-refractivity contribution < 1.29 is 4.79 Å². The van der Waals surface area contributed by atoms with Crippen molar-refractivity contribution in [2.75, 3.05) is 12.3 Å². The molecule has 0 N–H and O–H groups in total. The maximum absolute atomic E-state index is 12.7. The smallest absolute Gasteiger partial charge is 0.233 e. The van der Waals surface area contributed by atoms with Gasteiger partial charge in [-0.1, -0.05) is 36.0 Å². The Bertz CT molecular complexity index is 888. The average molecular weight is 399 g/mol. The number of thioether (sulfide) groups is 1. The zero-order valence-corrected chi connectivity index (χ0v) is 16.9. The van der Waals surface area contributed by atoms with Crippen LogP contribution >= 0.6 is 23.1 Å². The third kappa shape index (κ3) is 4.25. The summed E-state index contributed by atoms with van der Waals surface area (Å²) in [4.78, 5) is 15.8. The summed E-state index contributed by atoms with van der Waals surface area (Å²) < 4.78 is 2.12. The molecule has 0 saturated heterocycles. The molecule has 1 aliphatic rings. The van der Waals surface area contributed by atoms with E-state index in [4.69, 9.17) is 0 Å². The molecule has 0 aliphatic heterocycles. The van der Waals surface area contributed by atoms with Gasteiger partial charge in [-0.15, -0.1) is 21.5 Å². The first-order chi connectivity index (χ1) is 13.3. The molecule has 27 heavy (non-hydrogen) atoms. The molecule has 0 atom stereocenters. The van der Waals surface area contributed by atoms with E-state index in [9.17, 15) is 4.79 Å². The monoisotopic (exact) mass is 398 g/mol. The van der Waals surface area contributed by atoms with E-state index in [0.717, 1.165) is 16.7 Å². The molecule has 3 aromatic rings. The molecule has 7 heteroatoms. The van der Waals surface area contributed by atoms with E-state index in [0.29, 0.717) is 24.8 Å². The largest absolute Gasteiger partial charge is 0.337 e. The van der Waals surface area contributed by atoms with Crippen LogP contribution in [0, 0.1) is 0 Å². The van der Waals surface area contributed by atoms with Crippen LogP contribution in [0.3, 0.4) is 0 Å². The summed E-state index contributed by atoms with van der Waals surface area (Å²) in [7, 11) is 0. The zero-order valence-electron chi connectivity index (χ0n) is 15.2. The quantitative estimate of drug-likeness (QED) is 0.530. The van der Waals surface area contributed by atoms with Gasteiger partial charge in [0.1, 0.15) is 5.82 Å². The lowest BCUT2D eigenvalue weighted by molar-refractivity contribution is -0.128. The van der Waals surface area contributed by atoms with Crippen molar-refractivity contribution >= 4 is 29.0 Å². The van der Waals surface area contributed by atoms with Crippen molar-refractivity contribution in [1.29, 1.82) is 0 Å². The average Bonchev–Trinajstić information content (AvgIpc) is 3.25. The Morgan fingerprint density at radius 3 is 2.70 bits per heavy atom. The van der Waals surface area contributed by atoms with E-state index in [2.05, 4.69) is 33.0 Å². The normalized spacial score (nSPS) is 13.7. The van der Waals surface area contributed by atoms with Gasteiger partial charge in [-0.25, -0.2) is 0 Å². The Labute approximate surface area is 167 Å². The standard InChI is InChI=1S/C20H22N4OS2/c1-2-23(13-17-9-6-12-26-17)18(25)14-27-20-22-21-19(15-10-11-15)24(20)16-7-4-3-5-8-16/h3-9,12,15H,2,10-11,13-14H2,1H3. The number of benzene rings is 1. The Balaban J connectivity index is 1.48. The van der Waals surface area contributed by atoms with Crippen LogP contribution in [-0.2, 0) is 11.3 Å². The number of carbonyl (C=O) groups is 1. The van der Waals surface area contributed by atoms with Crippen LogP contribution in [0.25, 0.3) is 5.69 Å². The van der Waals surface area contributed by atoms with Crippen LogP contribution in [0.1, 0.15) is 36.4 Å². The van der Waals surface area contributed by atoms with E-state index in [1.165, 1.54) is 29.5 Å². The number of carbonyl (C=O) groups excluding carboxylic acids is 1. The summed E-state index contributed by atoms with van der Waals surface area (Å²) in [6.07, 6.45) is 2.33. The van der Waals surface area contributed by atoms with Gasteiger partial charge in [0.25, 0.3) is 0 Å². The maximum Gasteiger partial charge on any atom is 0.233 e. The van der Waals surface area contributed by atoms with Gasteiger partial charge in [0.2, 0.25) is 5.91 Å². The molecule has 5 nitrogen and oxygen atoms in total. The van der Waals surface area contributed by atoms with E-state index in [-0.39, 0.29) is 5.91 Å². The molecule has 1 aliphatic carbocycles. The van der Waals surface area contributed by atoms with Crippen molar-refractivity contribution in [2.45, 2.75) is 37.4 Å². The highest BCUT2D eigenvalue weighted by atomic mass is 32.2. The number of rotatable bonds is 8. The minimum Gasteiger partial charge on any atom is -0.337 e. The summed E-state index contributed by atoms with van der Waals surface area (Å²) >= 11 is 3.16. The van der Waals surface area contributed by atoms with Gasteiger partial charge in [-0.3, -0.25) is 9.36 Å². The van der Waals surface area contributed by atoms with E-state index < -0.39 is 0 Å². The van der Waals surface area contributed by atoms with Crippen LogP contribution in [0.15, 0.2) is 53.0 Å². The van der Waals surface area contributed by atoms with Crippen LogP contribution in [0.2, 0.25) is 0 Å². The van der Waals surface area contributed by atoms with Crippen LogP contribution in [0.5, 0.6) is 0 Å². The molecule has 1 fully saturated rings. The number of para-hydroxylation sites is 1.